The van der Waals surface area contributed by atoms with E-state index in [-0.39, 0.29) is 0 Å². The molecule has 2 aliphatic rings. The lowest BCUT2D eigenvalue weighted by Gasteiger charge is -2.42. The number of aryl methyl sites for hydroxylation is 1. The van der Waals surface area contributed by atoms with Crippen LogP contribution in [0.15, 0.2) is 48.5 Å². The van der Waals surface area contributed by atoms with Crippen molar-refractivity contribution in [3.63, 3.8) is 0 Å². The topological polar surface area (TPSA) is 0 Å². The molecule has 0 heteroatoms. The van der Waals surface area contributed by atoms with Crippen molar-refractivity contribution in [2.45, 2.75) is 84.0 Å². The standard InChI is InChI=1S/C30H38/c1-3-5-6-26-15-18-30-22-29(20-19-28(30)21-26)27-16-13-25(14-17-27)12-11-24-9-7-23(4-2)8-10-24/h7-10,13-14,16-17,26,28-30H,3-6,15,18-22H2,1-2H3/t26?,28-,29-,30-/m1/s1. The van der Waals surface area contributed by atoms with E-state index in [9.17, 15) is 0 Å². The first-order valence-electron chi connectivity index (χ1n) is 12.5. The van der Waals surface area contributed by atoms with Crippen LogP contribution in [0.1, 0.15) is 99.8 Å². The van der Waals surface area contributed by atoms with Gasteiger partial charge in [0, 0.05) is 11.1 Å². The summed E-state index contributed by atoms with van der Waals surface area (Å²) in [6.07, 6.45) is 14.1. The fraction of sp³-hybridized carbons (Fsp3) is 0.533. The lowest BCUT2D eigenvalue weighted by molar-refractivity contribution is 0.113. The molecule has 0 aromatic heterocycles. The minimum Gasteiger partial charge on any atom is -0.0654 e. The van der Waals surface area contributed by atoms with Gasteiger partial charge in [0.15, 0.2) is 0 Å². The smallest absolute Gasteiger partial charge is 0.0249 e. The van der Waals surface area contributed by atoms with Gasteiger partial charge in [0.05, 0.1) is 0 Å². The van der Waals surface area contributed by atoms with Gasteiger partial charge in [-0.15, -0.1) is 0 Å². The molecule has 2 fully saturated rings. The van der Waals surface area contributed by atoms with Crippen LogP contribution >= 0.6 is 0 Å². The van der Waals surface area contributed by atoms with Crippen LogP contribution in [0.2, 0.25) is 0 Å². The second-order valence-electron chi connectivity index (χ2n) is 9.77. The third-order valence-corrected chi connectivity index (χ3v) is 7.78. The minimum absolute atomic E-state index is 0.766. The number of benzene rings is 2. The number of rotatable bonds is 5. The summed E-state index contributed by atoms with van der Waals surface area (Å²) in [5, 5.41) is 0. The Morgan fingerprint density at radius 1 is 0.733 bits per heavy atom. The lowest BCUT2D eigenvalue weighted by atomic mass is 9.63. The van der Waals surface area contributed by atoms with Crippen molar-refractivity contribution in [3.8, 4) is 11.8 Å². The molecule has 30 heavy (non-hydrogen) atoms. The highest BCUT2D eigenvalue weighted by molar-refractivity contribution is 5.44. The molecule has 4 rings (SSSR count). The quantitative estimate of drug-likeness (QED) is 0.446. The largest absolute Gasteiger partial charge is 0.0654 e. The maximum atomic E-state index is 3.35. The van der Waals surface area contributed by atoms with Gasteiger partial charge in [-0.05, 0) is 97.6 Å². The van der Waals surface area contributed by atoms with Crippen LogP contribution in [0.25, 0.3) is 0 Å². The van der Waals surface area contributed by atoms with Gasteiger partial charge in [0.25, 0.3) is 0 Å². The Morgan fingerprint density at radius 2 is 1.37 bits per heavy atom. The fourth-order valence-electron chi connectivity index (χ4n) is 5.85. The summed E-state index contributed by atoms with van der Waals surface area (Å²) >= 11 is 0. The predicted molar refractivity (Wildman–Crippen MR) is 129 cm³/mol. The van der Waals surface area contributed by atoms with Crippen LogP contribution in [0.5, 0.6) is 0 Å². The molecule has 0 saturated heterocycles. The SMILES string of the molecule is CCCCC1CC[C@@H]2C[C@H](c3ccc(C#Cc4ccc(CC)cc4)cc3)CC[C@@H]2C1. The highest BCUT2D eigenvalue weighted by Gasteiger charge is 2.35. The van der Waals surface area contributed by atoms with Crippen molar-refractivity contribution in [2.75, 3.05) is 0 Å². The van der Waals surface area contributed by atoms with Crippen LogP contribution in [-0.2, 0) is 6.42 Å². The van der Waals surface area contributed by atoms with Crippen molar-refractivity contribution in [1.29, 1.82) is 0 Å². The maximum absolute atomic E-state index is 3.35. The Morgan fingerprint density at radius 3 is 2.03 bits per heavy atom. The van der Waals surface area contributed by atoms with E-state index in [2.05, 4.69) is 74.2 Å². The zero-order valence-corrected chi connectivity index (χ0v) is 19.0. The van der Waals surface area contributed by atoms with Gasteiger partial charge in [-0.2, -0.15) is 0 Å². The average Bonchev–Trinajstić information content (AvgIpc) is 2.81. The first-order valence-corrected chi connectivity index (χ1v) is 12.5. The normalized spacial score (nSPS) is 25.8. The Balaban J connectivity index is 1.33. The third-order valence-electron chi connectivity index (χ3n) is 7.78. The minimum atomic E-state index is 0.766. The van der Waals surface area contributed by atoms with E-state index >= 15 is 0 Å². The van der Waals surface area contributed by atoms with Gasteiger partial charge in [0.2, 0.25) is 0 Å². The van der Waals surface area contributed by atoms with Gasteiger partial charge in [-0.3, -0.25) is 0 Å². The number of hydrogen-bond acceptors (Lipinski definition) is 0. The first kappa shape index (κ1) is 21.2. The summed E-state index contributed by atoms with van der Waals surface area (Å²) in [5.41, 5.74) is 5.14. The highest BCUT2D eigenvalue weighted by atomic mass is 14.4. The Kier molecular flexibility index (Phi) is 7.33. The van der Waals surface area contributed by atoms with E-state index in [1.165, 1.54) is 63.4 Å². The molecule has 158 valence electrons. The second kappa shape index (κ2) is 10.3. The molecule has 2 saturated carbocycles. The van der Waals surface area contributed by atoms with Gasteiger partial charge in [-0.1, -0.05) is 75.6 Å². The van der Waals surface area contributed by atoms with E-state index in [1.807, 2.05) is 0 Å². The summed E-state index contributed by atoms with van der Waals surface area (Å²) in [6.45, 7) is 4.52. The van der Waals surface area contributed by atoms with Crippen molar-refractivity contribution < 1.29 is 0 Å². The van der Waals surface area contributed by atoms with E-state index in [4.69, 9.17) is 0 Å². The molecule has 2 aromatic carbocycles. The van der Waals surface area contributed by atoms with Crippen LogP contribution in [0.4, 0.5) is 0 Å². The predicted octanol–water partition coefficient (Wildman–Crippen LogP) is 8.14. The van der Waals surface area contributed by atoms with E-state index < -0.39 is 0 Å². The van der Waals surface area contributed by atoms with Crippen LogP contribution in [0.3, 0.4) is 0 Å². The average molecular weight is 399 g/mol. The monoisotopic (exact) mass is 398 g/mol. The number of hydrogen-bond donors (Lipinski definition) is 0. The van der Waals surface area contributed by atoms with Gasteiger partial charge >= 0.3 is 0 Å². The van der Waals surface area contributed by atoms with Crippen molar-refractivity contribution >= 4 is 0 Å². The molecular weight excluding hydrogens is 360 g/mol. The van der Waals surface area contributed by atoms with Gasteiger partial charge < -0.3 is 0 Å². The van der Waals surface area contributed by atoms with E-state index in [0.29, 0.717) is 0 Å². The first-order chi connectivity index (χ1) is 14.7. The molecule has 0 amide bonds. The molecule has 0 bridgehead atoms. The summed E-state index contributed by atoms with van der Waals surface area (Å²) in [6, 6.07) is 17.8. The maximum Gasteiger partial charge on any atom is 0.0249 e. The van der Waals surface area contributed by atoms with Crippen molar-refractivity contribution in [2.24, 2.45) is 17.8 Å². The third kappa shape index (κ3) is 5.37. The summed E-state index contributed by atoms with van der Waals surface area (Å²) in [4.78, 5) is 0. The molecule has 1 unspecified atom stereocenters. The zero-order valence-electron chi connectivity index (χ0n) is 19.0. The van der Waals surface area contributed by atoms with Gasteiger partial charge in [0.1, 0.15) is 0 Å². The zero-order chi connectivity index (χ0) is 20.8. The molecule has 2 aliphatic carbocycles. The summed E-state index contributed by atoms with van der Waals surface area (Å²) in [7, 11) is 0. The number of unbranched alkanes of at least 4 members (excludes halogenated alkanes) is 1. The summed E-state index contributed by atoms with van der Waals surface area (Å²) in [5.74, 6) is 10.4. The fourth-order valence-corrected chi connectivity index (χ4v) is 5.85. The van der Waals surface area contributed by atoms with Crippen molar-refractivity contribution in [3.05, 3.63) is 70.8 Å². The Hall–Kier alpha value is -2.00. The molecule has 0 radical (unpaired) electrons. The molecule has 2 aromatic rings. The van der Waals surface area contributed by atoms with Gasteiger partial charge in [-0.25, -0.2) is 0 Å². The summed E-state index contributed by atoms with van der Waals surface area (Å²) < 4.78 is 0. The highest BCUT2D eigenvalue weighted by Crippen LogP contribution is 2.48. The molecule has 0 N–H and O–H groups in total. The van der Waals surface area contributed by atoms with Crippen LogP contribution in [-0.4, -0.2) is 0 Å². The molecule has 0 nitrogen and oxygen atoms in total. The Bertz CT molecular complexity index is 846. The molecule has 4 atom stereocenters. The second-order valence-corrected chi connectivity index (χ2v) is 9.77. The van der Waals surface area contributed by atoms with E-state index in [0.717, 1.165) is 41.2 Å². The van der Waals surface area contributed by atoms with E-state index in [1.54, 1.807) is 5.56 Å². The molecule has 0 aliphatic heterocycles. The van der Waals surface area contributed by atoms with Crippen LogP contribution in [0, 0.1) is 29.6 Å². The molecular formula is C30H38. The number of fused-ring (bicyclic) bond motifs is 1. The Labute approximate surface area is 184 Å². The lowest BCUT2D eigenvalue weighted by Crippen LogP contribution is -2.30. The molecule has 0 spiro atoms. The molecule has 0 heterocycles. The van der Waals surface area contributed by atoms with Crippen molar-refractivity contribution in [1.82, 2.24) is 0 Å². The van der Waals surface area contributed by atoms with Crippen LogP contribution < -0.4 is 0 Å².